The number of ether oxygens (including phenoxy) is 1. The number of aromatic nitrogens is 2. The van der Waals surface area contributed by atoms with Crippen LogP contribution in [0.1, 0.15) is 30.3 Å². The molecule has 0 bridgehead atoms. The van der Waals surface area contributed by atoms with Crippen LogP contribution in [0.15, 0.2) is 28.8 Å². The molecule has 0 fully saturated rings. The number of aryl methyl sites for hydroxylation is 1. The van der Waals surface area contributed by atoms with Gasteiger partial charge in [0.05, 0.1) is 6.10 Å². The van der Waals surface area contributed by atoms with Crippen molar-refractivity contribution in [2.75, 3.05) is 0 Å². The van der Waals surface area contributed by atoms with Gasteiger partial charge in [0.25, 0.3) is 0 Å². The van der Waals surface area contributed by atoms with Crippen molar-refractivity contribution in [3.8, 4) is 5.75 Å². The summed E-state index contributed by atoms with van der Waals surface area (Å²) in [5, 5.41) is 13.2. The highest BCUT2D eigenvalue weighted by Gasteiger charge is 2.05. The molecule has 0 spiro atoms. The predicted octanol–water partition coefficient (Wildman–Crippen LogP) is 2.01. The first-order valence-corrected chi connectivity index (χ1v) is 5.35. The lowest BCUT2D eigenvalue weighted by Gasteiger charge is -2.07. The molecule has 0 aliphatic rings. The van der Waals surface area contributed by atoms with E-state index in [9.17, 15) is 5.11 Å². The third-order valence-electron chi connectivity index (χ3n) is 2.28. The number of aliphatic hydroxyl groups is 1. The average molecular weight is 234 g/mol. The maximum Gasteiger partial charge on any atom is 0.223 e. The van der Waals surface area contributed by atoms with Gasteiger partial charge in [-0.25, -0.2) is 0 Å². The zero-order valence-corrected chi connectivity index (χ0v) is 9.75. The molecule has 2 rings (SSSR count). The van der Waals surface area contributed by atoms with Gasteiger partial charge in [0.2, 0.25) is 11.7 Å². The summed E-state index contributed by atoms with van der Waals surface area (Å²) in [6.45, 7) is 3.69. The second kappa shape index (κ2) is 4.97. The van der Waals surface area contributed by atoms with Gasteiger partial charge in [-0.1, -0.05) is 17.3 Å². The van der Waals surface area contributed by atoms with Crippen molar-refractivity contribution in [1.82, 2.24) is 10.1 Å². The molecular weight excluding hydrogens is 220 g/mol. The Morgan fingerprint density at radius 1 is 1.47 bits per heavy atom. The van der Waals surface area contributed by atoms with Crippen molar-refractivity contribution in [3.63, 3.8) is 0 Å². The fraction of sp³-hybridized carbons (Fsp3) is 0.333. The topological polar surface area (TPSA) is 68.4 Å². The van der Waals surface area contributed by atoms with Crippen LogP contribution in [-0.2, 0) is 6.61 Å². The molecule has 0 amide bonds. The largest absolute Gasteiger partial charge is 0.485 e. The molecule has 1 N–H and O–H groups in total. The summed E-state index contributed by atoms with van der Waals surface area (Å²) in [6, 6.07) is 7.28. The smallest absolute Gasteiger partial charge is 0.223 e. The van der Waals surface area contributed by atoms with E-state index in [0.717, 1.165) is 5.56 Å². The van der Waals surface area contributed by atoms with Gasteiger partial charge in [-0.2, -0.15) is 4.98 Å². The summed E-state index contributed by atoms with van der Waals surface area (Å²) in [5.41, 5.74) is 0.812. The van der Waals surface area contributed by atoms with Gasteiger partial charge < -0.3 is 14.4 Å². The minimum atomic E-state index is -0.508. The first-order valence-electron chi connectivity index (χ1n) is 5.35. The SMILES string of the molecule is Cc1nc(COc2cccc([C@@H](C)O)c2)no1. The highest BCUT2D eigenvalue weighted by Crippen LogP contribution is 2.19. The normalized spacial score (nSPS) is 12.4. The van der Waals surface area contributed by atoms with E-state index in [0.29, 0.717) is 17.5 Å². The summed E-state index contributed by atoms with van der Waals surface area (Å²) in [4.78, 5) is 4.03. The number of hydrogen-bond donors (Lipinski definition) is 1. The van der Waals surface area contributed by atoms with E-state index in [4.69, 9.17) is 9.26 Å². The Kier molecular flexibility index (Phi) is 3.39. The summed E-state index contributed by atoms with van der Waals surface area (Å²) >= 11 is 0. The van der Waals surface area contributed by atoms with Crippen LogP contribution in [0.4, 0.5) is 0 Å². The Balaban J connectivity index is 2.01. The van der Waals surface area contributed by atoms with E-state index in [-0.39, 0.29) is 6.61 Å². The summed E-state index contributed by atoms with van der Waals surface area (Å²) in [5.74, 6) is 1.69. The van der Waals surface area contributed by atoms with Crippen LogP contribution in [0.25, 0.3) is 0 Å². The van der Waals surface area contributed by atoms with Crippen LogP contribution < -0.4 is 4.74 Å². The lowest BCUT2D eigenvalue weighted by molar-refractivity contribution is 0.198. The van der Waals surface area contributed by atoms with Gasteiger partial charge in [0, 0.05) is 6.92 Å². The monoisotopic (exact) mass is 234 g/mol. The Bertz CT molecular complexity index is 494. The fourth-order valence-corrected chi connectivity index (χ4v) is 1.41. The molecular formula is C12H14N2O3. The number of nitrogens with zero attached hydrogens (tertiary/aromatic N) is 2. The zero-order chi connectivity index (χ0) is 12.3. The Hall–Kier alpha value is -1.88. The Morgan fingerprint density at radius 3 is 2.94 bits per heavy atom. The van der Waals surface area contributed by atoms with E-state index in [1.807, 2.05) is 18.2 Å². The fourth-order valence-electron chi connectivity index (χ4n) is 1.41. The van der Waals surface area contributed by atoms with Gasteiger partial charge in [0.1, 0.15) is 5.75 Å². The van der Waals surface area contributed by atoms with E-state index < -0.39 is 6.10 Å². The average Bonchev–Trinajstić information content (AvgIpc) is 2.73. The van der Waals surface area contributed by atoms with Crippen LogP contribution in [0.5, 0.6) is 5.75 Å². The molecule has 1 aromatic carbocycles. The third kappa shape index (κ3) is 3.04. The van der Waals surface area contributed by atoms with E-state index in [1.54, 1.807) is 19.9 Å². The van der Waals surface area contributed by atoms with Crippen molar-refractivity contribution >= 4 is 0 Å². The second-order valence-corrected chi connectivity index (χ2v) is 3.77. The maximum absolute atomic E-state index is 9.44. The minimum Gasteiger partial charge on any atom is -0.485 e. The predicted molar refractivity (Wildman–Crippen MR) is 60.4 cm³/mol. The molecule has 17 heavy (non-hydrogen) atoms. The number of aliphatic hydroxyl groups excluding tert-OH is 1. The van der Waals surface area contributed by atoms with Gasteiger partial charge >= 0.3 is 0 Å². The van der Waals surface area contributed by atoms with Gasteiger partial charge in [-0.15, -0.1) is 0 Å². The van der Waals surface area contributed by atoms with Crippen LogP contribution >= 0.6 is 0 Å². The molecule has 5 nitrogen and oxygen atoms in total. The van der Waals surface area contributed by atoms with Gasteiger partial charge in [-0.3, -0.25) is 0 Å². The molecule has 0 saturated carbocycles. The zero-order valence-electron chi connectivity index (χ0n) is 9.75. The molecule has 0 aliphatic carbocycles. The van der Waals surface area contributed by atoms with Crippen molar-refractivity contribution in [2.24, 2.45) is 0 Å². The van der Waals surface area contributed by atoms with Crippen molar-refractivity contribution < 1.29 is 14.4 Å². The van der Waals surface area contributed by atoms with Crippen LogP contribution in [0.3, 0.4) is 0 Å². The van der Waals surface area contributed by atoms with Crippen LogP contribution in [0, 0.1) is 6.92 Å². The molecule has 0 radical (unpaired) electrons. The van der Waals surface area contributed by atoms with Crippen molar-refractivity contribution in [2.45, 2.75) is 26.6 Å². The van der Waals surface area contributed by atoms with Crippen LogP contribution in [-0.4, -0.2) is 15.2 Å². The first-order chi connectivity index (χ1) is 8.15. The van der Waals surface area contributed by atoms with E-state index in [2.05, 4.69) is 10.1 Å². The number of rotatable bonds is 4. The van der Waals surface area contributed by atoms with E-state index in [1.165, 1.54) is 0 Å². The highest BCUT2D eigenvalue weighted by molar-refractivity contribution is 5.29. The van der Waals surface area contributed by atoms with E-state index >= 15 is 0 Å². The summed E-state index contributed by atoms with van der Waals surface area (Å²) in [6.07, 6.45) is -0.508. The number of hydrogen-bond acceptors (Lipinski definition) is 5. The second-order valence-electron chi connectivity index (χ2n) is 3.77. The lowest BCUT2D eigenvalue weighted by atomic mass is 10.1. The first kappa shape index (κ1) is 11.6. The highest BCUT2D eigenvalue weighted by atomic mass is 16.5. The molecule has 1 atom stereocenters. The third-order valence-corrected chi connectivity index (χ3v) is 2.28. The molecule has 1 heterocycles. The molecule has 0 unspecified atom stereocenters. The standard InChI is InChI=1S/C12H14N2O3/c1-8(15)10-4-3-5-11(6-10)16-7-12-13-9(2)17-14-12/h3-6,8,15H,7H2,1-2H3/t8-/m1/s1. The van der Waals surface area contributed by atoms with Gasteiger partial charge in [0.15, 0.2) is 6.61 Å². The summed E-state index contributed by atoms with van der Waals surface area (Å²) < 4.78 is 10.3. The Labute approximate surface area is 99.0 Å². The molecule has 90 valence electrons. The molecule has 5 heteroatoms. The molecule has 2 aromatic rings. The lowest BCUT2D eigenvalue weighted by Crippen LogP contribution is -1.99. The van der Waals surface area contributed by atoms with Crippen molar-refractivity contribution in [3.05, 3.63) is 41.5 Å². The Morgan fingerprint density at radius 2 is 2.29 bits per heavy atom. The molecule has 0 saturated heterocycles. The molecule has 0 aliphatic heterocycles. The van der Waals surface area contributed by atoms with Crippen molar-refractivity contribution in [1.29, 1.82) is 0 Å². The molecule has 1 aromatic heterocycles. The van der Waals surface area contributed by atoms with Crippen LogP contribution in [0.2, 0.25) is 0 Å². The number of benzene rings is 1. The summed E-state index contributed by atoms with van der Waals surface area (Å²) in [7, 11) is 0. The minimum absolute atomic E-state index is 0.251. The maximum atomic E-state index is 9.44. The van der Waals surface area contributed by atoms with Gasteiger partial charge in [-0.05, 0) is 24.6 Å². The quantitative estimate of drug-likeness (QED) is 0.876.